The van der Waals surface area contributed by atoms with E-state index in [9.17, 15) is 4.79 Å². The molecular formula is C19H18ClN5O2. The first kappa shape index (κ1) is 17.5. The third-order valence-corrected chi connectivity index (χ3v) is 4.61. The maximum atomic E-state index is 12.7. The molecule has 0 saturated carbocycles. The molecular weight excluding hydrogens is 366 g/mol. The first-order valence-corrected chi connectivity index (χ1v) is 8.98. The molecule has 1 aromatic carbocycles. The van der Waals surface area contributed by atoms with E-state index in [1.165, 1.54) is 6.20 Å². The number of aromatic nitrogens is 3. The summed E-state index contributed by atoms with van der Waals surface area (Å²) in [5.74, 6) is 0.621. The van der Waals surface area contributed by atoms with Crippen LogP contribution in [0.3, 0.4) is 0 Å². The summed E-state index contributed by atoms with van der Waals surface area (Å²) in [6.07, 6.45) is 3.17. The lowest BCUT2D eigenvalue weighted by Crippen LogP contribution is -2.36. The van der Waals surface area contributed by atoms with Gasteiger partial charge in [-0.1, -0.05) is 23.7 Å². The third-order valence-electron chi connectivity index (χ3n) is 4.36. The van der Waals surface area contributed by atoms with Crippen molar-refractivity contribution in [1.29, 1.82) is 0 Å². The van der Waals surface area contributed by atoms with Crippen LogP contribution in [0.5, 0.6) is 0 Å². The first-order valence-electron chi connectivity index (χ1n) is 8.60. The molecule has 7 nitrogen and oxygen atoms in total. The number of amides is 1. The van der Waals surface area contributed by atoms with Crippen molar-refractivity contribution in [2.24, 2.45) is 0 Å². The van der Waals surface area contributed by atoms with Crippen molar-refractivity contribution in [3.05, 3.63) is 59.4 Å². The number of nitrogens with zero attached hydrogens (tertiary/aromatic N) is 3. The Kier molecular flexibility index (Phi) is 5.04. The van der Waals surface area contributed by atoms with Gasteiger partial charge in [0, 0.05) is 23.7 Å². The van der Waals surface area contributed by atoms with E-state index in [2.05, 4.69) is 25.4 Å². The monoisotopic (exact) mass is 383 g/mol. The van der Waals surface area contributed by atoms with E-state index in [0.717, 1.165) is 24.5 Å². The molecule has 0 aliphatic carbocycles. The van der Waals surface area contributed by atoms with Crippen molar-refractivity contribution in [3.8, 4) is 11.3 Å². The van der Waals surface area contributed by atoms with E-state index in [-0.39, 0.29) is 5.91 Å². The fraction of sp³-hybridized carbons (Fsp3) is 0.211. The van der Waals surface area contributed by atoms with Gasteiger partial charge in [-0.3, -0.25) is 9.89 Å². The van der Waals surface area contributed by atoms with E-state index < -0.39 is 0 Å². The molecule has 3 heterocycles. The van der Waals surface area contributed by atoms with Gasteiger partial charge in [0.2, 0.25) is 0 Å². The number of morpholine rings is 1. The number of nitrogens with one attached hydrogen (secondary N) is 2. The van der Waals surface area contributed by atoms with Crippen LogP contribution in [0.1, 0.15) is 10.4 Å². The second-order valence-corrected chi connectivity index (χ2v) is 6.56. The molecule has 1 saturated heterocycles. The minimum absolute atomic E-state index is 0.255. The van der Waals surface area contributed by atoms with Gasteiger partial charge in [0.25, 0.3) is 5.91 Å². The summed E-state index contributed by atoms with van der Waals surface area (Å²) in [4.78, 5) is 19.3. The number of benzene rings is 1. The lowest BCUT2D eigenvalue weighted by atomic mass is 10.1. The molecule has 4 rings (SSSR count). The molecule has 1 aliphatic heterocycles. The molecule has 0 unspecified atom stereocenters. The van der Waals surface area contributed by atoms with Crippen molar-refractivity contribution < 1.29 is 9.53 Å². The number of H-pyrrole nitrogens is 1. The van der Waals surface area contributed by atoms with E-state index in [1.807, 2.05) is 24.3 Å². The number of pyridine rings is 1. The van der Waals surface area contributed by atoms with Gasteiger partial charge in [-0.15, -0.1) is 0 Å². The second-order valence-electron chi connectivity index (χ2n) is 6.12. The molecule has 1 aliphatic rings. The van der Waals surface area contributed by atoms with Gasteiger partial charge in [-0.25, -0.2) is 4.98 Å². The highest BCUT2D eigenvalue weighted by Crippen LogP contribution is 2.24. The summed E-state index contributed by atoms with van der Waals surface area (Å²) in [6.45, 7) is 3.04. The van der Waals surface area contributed by atoms with E-state index in [1.54, 1.807) is 18.3 Å². The molecule has 2 N–H and O–H groups in total. The van der Waals surface area contributed by atoms with Gasteiger partial charge in [0.15, 0.2) is 0 Å². The van der Waals surface area contributed by atoms with Crippen molar-refractivity contribution >= 4 is 29.0 Å². The Morgan fingerprint density at radius 3 is 2.59 bits per heavy atom. The molecule has 0 spiro atoms. The predicted octanol–water partition coefficient (Wildman–Crippen LogP) is 3.21. The van der Waals surface area contributed by atoms with Crippen LogP contribution in [-0.2, 0) is 4.74 Å². The molecule has 2 aromatic heterocycles. The van der Waals surface area contributed by atoms with Crippen LogP contribution >= 0.6 is 11.6 Å². The molecule has 0 bridgehead atoms. The Morgan fingerprint density at radius 1 is 1.11 bits per heavy atom. The number of halogens is 1. The molecule has 0 atom stereocenters. The van der Waals surface area contributed by atoms with Crippen LogP contribution in [-0.4, -0.2) is 47.4 Å². The van der Waals surface area contributed by atoms with E-state index >= 15 is 0 Å². The van der Waals surface area contributed by atoms with Crippen molar-refractivity contribution in [2.45, 2.75) is 0 Å². The maximum Gasteiger partial charge on any atom is 0.259 e. The molecule has 0 radical (unpaired) electrons. The van der Waals surface area contributed by atoms with Gasteiger partial charge in [0.1, 0.15) is 5.82 Å². The summed E-state index contributed by atoms with van der Waals surface area (Å²) in [5, 5.41) is 10.4. The van der Waals surface area contributed by atoms with Gasteiger partial charge in [0.05, 0.1) is 42.6 Å². The smallest absolute Gasteiger partial charge is 0.259 e. The number of hydrogen-bond acceptors (Lipinski definition) is 5. The quantitative estimate of drug-likeness (QED) is 0.722. The Labute approximate surface area is 161 Å². The summed E-state index contributed by atoms with van der Waals surface area (Å²) < 4.78 is 5.35. The van der Waals surface area contributed by atoms with Gasteiger partial charge in [-0.2, -0.15) is 5.10 Å². The molecule has 1 amide bonds. The topological polar surface area (TPSA) is 83.1 Å². The van der Waals surface area contributed by atoms with E-state index in [0.29, 0.717) is 35.2 Å². The van der Waals surface area contributed by atoms with E-state index in [4.69, 9.17) is 16.3 Å². The summed E-state index contributed by atoms with van der Waals surface area (Å²) in [6, 6.07) is 11.0. The molecule has 3 aromatic rings. The maximum absolute atomic E-state index is 12.7. The summed E-state index contributed by atoms with van der Waals surface area (Å²) in [7, 11) is 0. The SMILES string of the molecule is O=C(Nc1ccc(N2CCOCC2)nc1)c1cn[nH]c1-c1ccc(Cl)cc1. The van der Waals surface area contributed by atoms with Crippen LogP contribution in [0.4, 0.5) is 11.5 Å². The van der Waals surface area contributed by atoms with Crippen molar-refractivity contribution in [1.82, 2.24) is 15.2 Å². The fourth-order valence-electron chi connectivity index (χ4n) is 2.93. The highest BCUT2D eigenvalue weighted by molar-refractivity contribution is 6.30. The summed E-state index contributed by atoms with van der Waals surface area (Å²) >= 11 is 5.93. The minimum atomic E-state index is -0.255. The molecule has 8 heteroatoms. The van der Waals surface area contributed by atoms with Crippen LogP contribution in [0, 0.1) is 0 Å². The third kappa shape index (κ3) is 3.94. The van der Waals surface area contributed by atoms with Gasteiger partial charge in [-0.05, 0) is 24.3 Å². The minimum Gasteiger partial charge on any atom is -0.378 e. The standard InChI is InChI=1S/C19H18ClN5O2/c20-14-3-1-13(2-4-14)18-16(12-22-24-18)19(26)23-15-5-6-17(21-11-15)25-7-9-27-10-8-25/h1-6,11-12H,7-10H2,(H,22,24)(H,23,26). The number of carbonyl (C=O) groups excluding carboxylic acids is 1. The number of anilines is 2. The molecule has 27 heavy (non-hydrogen) atoms. The normalized spacial score (nSPS) is 14.2. The number of carbonyl (C=O) groups is 1. The number of aromatic amines is 1. The van der Waals surface area contributed by atoms with Crippen LogP contribution in [0.15, 0.2) is 48.8 Å². The predicted molar refractivity (Wildman–Crippen MR) is 104 cm³/mol. The Bertz CT molecular complexity index is 918. The average Bonchev–Trinajstić information content (AvgIpc) is 3.20. The highest BCUT2D eigenvalue weighted by Gasteiger charge is 2.16. The van der Waals surface area contributed by atoms with Gasteiger partial charge >= 0.3 is 0 Å². The van der Waals surface area contributed by atoms with Crippen LogP contribution in [0.2, 0.25) is 5.02 Å². The molecule has 1 fully saturated rings. The van der Waals surface area contributed by atoms with Crippen molar-refractivity contribution in [2.75, 3.05) is 36.5 Å². The van der Waals surface area contributed by atoms with Crippen LogP contribution in [0.25, 0.3) is 11.3 Å². The van der Waals surface area contributed by atoms with Crippen molar-refractivity contribution in [3.63, 3.8) is 0 Å². The number of rotatable bonds is 4. The zero-order valence-electron chi connectivity index (χ0n) is 14.5. The zero-order chi connectivity index (χ0) is 18.6. The largest absolute Gasteiger partial charge is 0.378 e. The number of ether oxygens (including phenoxy) is 1. The zero-order valence-corrected chi connectivity index (χ0v) is 15.2. The lowest BCUT2D eigenvalue weighted by Gasteiger charge is -2.27. The van der Waals surface area contributed by atoms with Gasteiger partial charge < -0.3 is 15.0 Å². The lowest BCUT2D eigenvalue weighted by molar-refractivity contribution is 0.102. The Balaban J connectivity index is 1.48. The second kappa shape index (κ2) is 7.77. The average molecular weight is 384 g/mol. The van der Waals surface area contributed by atoms with Crippen LogP contribution < -0.4 is 10.2 Å². The Hall–Kier alpha value is -2.90. The Morgan fingerprint density at radius 2 is 1.89 bits per heavy atom. The number of hydrogen-bond donors (Lipinski definition) is 2. The highest BCUT2D eigenvalue weighted by atomic mass is 35.5. The fourth-order valence-corrected chi connectivity index (χ4v) is 3.06. The molecule has 138 valence electrons. The first-order chi connectivity index (χ1) is 13.2. The summed E-state index contributed by atoms with van der Waals surface area (Å²) in [5.41, 5.74) is 2.56.